The quantitative estimate of drug-likeness (QED) is 0.771. The Kier molecular flexibility index (Phi) is 4.78. The third kappa shape index (κ3) is 3.81. The maximum absolute atomic E-state index is 10.9. The first-order valence-electron chi connectivity index (χ1n) is 7.21. The zero-order valence-electron chi connectivity index (χ0n) is 11.9. The van der Waals surface area contributed by atoms with Crippen molar-refractivity contribution in [2.75, 3.05) is 6.54 Å². The normalized spacial score (nSPS) is 26.4. The van der Waals surface area contributed by atoms with Crippen LogP contribution in [0.1, 0.15) is 36.8 Å². The van der Waals surface area contributed by atoms with Gasteiger partial charge in [-0.15, -0.1) is 0 Å². The van der Waals surface area contributed by atoms with Gasteiger partial charge in [0.15, 0.2) is 0 Å². The lowest BCUT2D eigenvalue weighted by molar-refractivity contribution is -0.144. The van der Waals surface area contributed by atoms with Crippen LogP contribution in [0.2, 0.25) is 0 Å². The highest BCUT2D eigenvalue weighted by atomic mass is 16.4. The van der Waals surface area contributed by atoms with Crippen molar-refractivity contribution in [1.82, 2.24) is 5.32 Å². The molecule has 0 radical (unpaired) electrons. The number of aliphatic hydroxyl groups is 1. The standard InChI is InChI=1S/C16H23NO3/c1-12-4-2-3-5-14(12)10-17-11-16(20)8-6-13(7-9-16)15(18)19/h2-5,13,17,20H,6-11H2,1H3,(H,18,19). The second-order valence-electron chi connectivity index (χ2n) is 5.87. The number of hydrogen-bond donors (Lipinski definition) is 3. The summed E-state index contributed by atoms with van der Waals surface area (Å²) in [6.07, 6.45) is 2.26. The Morgan fingerprint density at radius 1 is 1.35 bits per heavy atom. The molecule has 20 heavy (non-hydrogen) atoms. The average Bonchev–Trinajstić information content (AvgIpc) is 2.41. The van der Waals surface area contributed by atoms with E-state index in [4.69, 9.17) is 5.11 Å². The highest BCUT2D eigenvalue weighted by molar-refractivity contribution is 5.70. The second-order valence-corrected chi connectivity index (χ2v) is 5.87. The number of aliphatic carboxylic acids is 1. The first kappa shape index (κ1) is 15.0. The van der Waals surface area contributed by atoms with Crippen molar-refractivity contribution in [3.8, 4) is 0 Å². The summed E-state index contributed by atoms with van der Waals surface area (Å²) in [5, 5.41) is 22.7. The molecule has 110 valence electrons. The number of carboxylic acids is 1. The number of aryl methyl sites for hydroxylation is 1. The largest absolute Gasteiger partial charge is 0.481 e. The van der Waals surface area contributed by atoms with Gasteiger partial charge in [-0.3, -0.25) is 4.79 Å². The molecule has 0 amide bonds. The third-order valence-electron chi connectivity index (χ3n) is 4.30. The summed E-state index contributed by atoms with van der Waals surface area (Å²) in [5.41, 5.74) is 1.71. The van der Waals surface area contributed by atoms with Crippen molar-refractivity contribution < 1.29 is 15.0 Å². The third-order valence-corrected chi connectivity index (χ3v) is 4.30. The SMILES string of the molecule is Cc1ccccc1CNCC1(O)CCC(C(=O)O)CC1. The molecule has 1 aliphatic carbocycles. The van der Waals surface area contributed by atoms with Crippen LogP contribution in [-0.4, -0.2) is 28.3 Å². The molecule has 4 heteroatoms. The van der Waals surface area contributed by atoms with Gasteiger partial charge in [0.2, 0.25) is 0 Å². The van der Waals surface area contributed by atoms with E-state index in [9.17, 15) is 9.90 Å². The van der Waals surface area contributed by atoms with Crippen LogP contribution in [0.3, 0.4) is 0 Å². The van der Waals surface area contributed by atoms with Crippen molar-refractivity contribution >= 4 is 5.97 Å². The first-order valence-corrected chi connectivity index (χ1v) is 7.21. The van der Waals surface area contributed by atoms with E-state index in [0.29, 0.717) is 32.2 Å². The molecule has 0 saturated heterocycles. The van der Waals surface area contributed by atoms with Crippen molar-refractivity contribution in [2.45, 2.75) is 44.8 Å². The summed E-state index contributed by atoms with van der Waals surface area (Å²) in [5.74, 6) is -1.02. The molecule has 0 heterocycles. The number of hydrogen-bond acceptors (Lipinski definition) is 3. The summed E-state index contributed by atoms with van der Waals surface area (Å²) in [6, 6.07) is 8.17. The molecule has 0 spiro atoms. The number of benzene rings is 1. The number of carboxylic acid groups (broad SMARTS) is 1. The van der Waals surface area contributed by atoms with Crippen LogP contribution in [0.4, 0.5) is 0 Å². The highest BCUT2D eigenvalue weighted by Crippen LogP contribution is 2.31. The van der Waals surface area contributed by atoms with Gasteiger partial charge in [0.25, 0.3) is 0 Å². The van der Waals surface area contributed by atoms with Crippen LogP contribution < -0.4 is 5.32 Å². The summed E-state index contributed by atoms with van der Waals surface area (Å²) >= 11 is 0. The molecule has 4 nitrogen and oxygen atoms in total. The van der Waals surface area contributed by atoms with Crippen LogP contribution in [0, 0.1) is 12.8 Å². The Hall–Kier alpha value is -1.39. The molecule has 0 bridgehead atoms. The summed E-state index contributed by atoms with van der Waals surface area (Å²) in [6.45, 7) is 3.33. The van der Waals surface area contributed by atoms with E-state index in [1.54, 1.807) is 0 Å². The molecular weight excluding hydrogens is 254 g/mol. The van der Waals surface area contributed by atoms with Gasteiger partial charge >= 0.3 is 5.97 Å². The Labute approximate surface area is 119 Å². The summed E-state index contributed by atoms with van der Waals surface area (Å²) in [4.78, 5) is 10.9. The van der Waals surface area contributed by atoms with E-state index in [1.807, 2.05) is 12.1 Å². The molecular formula is C16H23NO3. The second kappa shape index (κ2) is 6.37. The van der Waals surface area contributed by atoms with E-state index in [-0.39, 0.29) is 5.92 Å². The predicted molar refractivity (Wildman–Crippen MR) is 77.4 cm³/mol. The van der Waals surface area contributed by atoms with E-state index in [2.05, 4.69) is 24.4 Å². The molecule has 1 aromatic rings. The van der Waals surface area contributed by atoms with Gasteiger partial charge in [0.05, 0.1) is 11.5 Å². The number of carbonyl (C=O) groups is 1. The fourth-order valence-electron chi connectivity index (χ4n) is 2.82. The minimum atomic E-state index is -0.755. The fourth-order valence-corrected chi connectivity index (χ4v) is 2.82. The monoisotopic (exact) mass is 277 g/mol. The molecule has 1 fully saturated rings. The maximum Gasteiger partial charge on any atom is 0.306 e. The van der Waals surface area contributed by atoms with Gasteiger partial charge < -0.3 is 15.5 Å². The smallest absolute Gasteiger partial charge is 0.306 e. The van der Waals surface area contributed by atoms with Crippen molar-refractivity contribution in [1.29, 1.82) is 0 Å². The number of rotatable bonds is 5. The van der Waals surface area contributed by atoms with Gasteiger partial charge in [-0.05, 0) is 43.7 Å². The predicted octanol–water partition coefficient (Wildman–Crippen LogP) is 2.09. The van der Waals surface area contributed by atoms with Crippen LogP contribution in [-0.2, 0) is 11.3 Å². The summed E-state index contributed by atoms with van der Waals surface area (Å²) < 4.78 is 0. The van der Waals surface area contributed by atoms with Gasteiger partial charge in [-0.2, -0.15) is 0 Å². The van der Waals surface area contributed by atoms with Crippen molar-refractivity contribution in [3.63, 3.8) is 0 Å². The fraction of sp³-hybridized carbons (Fsp3) is 0.562. The van der Waals surface area contributed by atoms with Gasteiger partial charge in [-0.1, -0.05) is 24.3 Å². The Morgan fingerprint density at radius 3 is 2.60 bits per heavy atom. The number of nitrogens with one attached hydrogen (secondary N) is 1. The van der Waals surface area contributed by atoms with Gasteiger partial charge in [0.1, 0.15) is 0 Å². The van der Waals surface area contributed by atoms with E-state index in [1.165, 1.54) is 11.1 Å². The average molecular weight is 277 g/mol. The van der Waals surface area contributed by atoms with E-state index >= 15 is 0 Å². The molecule has 1 aliphatic rings. The Morgan fingerprint density at radius 2 is 2.00 bits per heavy atom. The topological polar surface area (TPSA) is 69.6 Å². The van der Waals surface area contributed by atoms with E-state index in [0.717, 1.165) is 6.54 Å². The highest BCUT2D eigenvalue weighted by Gasteiger charge is 2.35. The molecule has 1 saturated carbocycles. The minimum Gasteiger partial charge on any atom is -0.481 e. The van der Waals surface area contributed by atoms with Crippen LogP contribution in [0.15, 0.2) is 24.3 Å². The van der Waals surface area contributed by atoms with Crippen LogP contribution in [0.5, 0.6) is 0 Å². The van der Waals surface area contributed by atoms with Crippen molar-refractivity contribution in [2.24, 2.45) is 5.92 Å². The van der Waals surface area contributed by atoms with Crippen LogP contribution >= 0.6 is 0 Å². The molecule has 0 aromatic heterocycles. The zero-order valence-corrected chi connectivity index (χ0v) is 11.9. The molecule has 0 atom stereocenters. The lowest BCUT2D eigenvalue weighted by atomic mass is 9.79. The Balaban J connectivity index is 1.80. The van der Waals surface area contributed by atoms with Gasteiger partial charge in [0, 0.05) is 13.1 Å². The molecule has 0 aliphatic heterocycles. The molecule has 1 aromatic carbocycles. The lowest BCUT2D eigenvalue weighted by Crippen LogP contribution is -2.44. The van der Waals surface area contributed by atoms with Gasteiger partial charge in [-0.25, -0.2) is 0 Å². The Bertz CT molecular complexity index is 465. The summed E-state index contributed by atoms with van der Waals surface area (Å²) in [7, 11) is 0. The van der Waals surface area contributed by atoms with Crippen LogP contribution in [0.25, 0.3) is 0 Å². The minimum absolute atomic E-state index is 0.286. The lowest BCUT2D eigenvalue weighted by Gasteiger charge is -2.34. The zero-order chi connectivity index (χ0) is 14.6. The van der Waals surface area contributed by atoms with Crippen molar-refractivity contribution in [3.05, 3.63) is 35.4 Å². The molecule has 2 rings (SSSR count). The molecule has 3 N–H and O–H groups in total. The molecule has 0 unspecified atom stereocenters. The van der Waals surface area contributed by atoms with E-state index < -0.39 is 11.6 Å². The maximum atomic E-state index is 10.9. The first-order chi connectivity index (χ1) is 9.50.